The Labute approximate surface area is 427 Å². The maximum atomic E-state index is 5.25. The monoisotopic (exact) mass is 1070 g/mol. The lowest BCUT2D eigenvalue weighted by atomic mass is 10.3. The number of thioether (sulfide) groups is 10. The number of ether oxygens (including phenoxy) is 8. The van der Waals surface area contributed by atoms with Gasteiger partial charge in [-0.05, 0) is 125 Å². The molecule has 6 fully saturated rings. The first-order valence-electron chi connectivity index (χ1n) is 22.3. The number of rotatable bonds is 8. The predicted octanol–water partition coefficient (Wildman–Crippen LogP) is 14.4. The van der Waals surface area contributed by atoms with E-state index in [1.165, 1.54) is 40.9 Å². The molecule has 0 aliphatic carbocycles. The fourth-order valence-electron chi connectivity index (χ4n) is 4.59. The van der Waals surface area contributed by atoms with E-state index in [2.05, 4.69) is 155 Å². The first kappa shape index (κ1) is 69.4. The molecule has 62 heavy (non-hydrogen) atoms. The van der Waals surface area contributed by atoms with Crippen LogP contribution in [0, 0.1) is 0 Å². The minimum atomic E-state index is -0.0648. The van der Waals surface area contributed by atoms with E-state index in [0.717, 1.165) is 66.3 Å². The third-order valence-electron chi connectivity index (χ3n) is 8.64. The average Bonchev–Trinajstić information content (AvgIpc) is 4.06. The zero-order valence-corrected chi connectivity index (χ0v) is 50.5. The van der Waals surface area contributed by atoms with E-state index < -0.39 is 0 Å². The first-order valence-corrected chi connectivity index (χ1v) is 33.0. The lowest BCUT2D eigenvalue weighted by molar-refractivity contribution is -0.167. The van der Waals surface area contributed by atoms with Crippen LogP contribution < -0.4 is 0 Å². The zero-order chi connectivity index (χ0) is 47.7. The summed E-state index contributed by atoms with van der Waals surface area (Å²) in [6, 6.07) is 0. The molecule has 6 rings (SSSR count). The molecule has 6 aliphatic heterocycles. The highest BCUT2D eigenvalue weighted by molar-refractivity contribution is 8.21. The van der Waals surface area contributed by atoms with Crippen LogP contribution in [0.4, 0.5) is 0 Å². The van der Waals surface area contributed by atoms with Crippen molar-refractivity contribution >= 4 is 118 Å². The smallest absolute Gasteiger partial charge is 0.155 e. The topological polar surface area (TPSA) is 73.8 Å². The van der Waals surface area contributed by atoms with Gasteiger partial charge in [0.15, 0.2) is 25.2 Å². The predicted molar refractivity (Wildman–Crippen MR) is 301 cm³/mol. The van der Waals surface area contributed by atoms with Crippen molar-refractivity contribution in [3.63, 3.8) is 0 Å². The maximum absolute atomic E-state index is 5.25. The molecule has 0 spiro atoms. The molecule has 0 amide bonds. The van der Waals surface area contributed by atoms with Gasteiger partial charge in [0.05, 0.1) is 38.6 Å². The minimum Gasteiger partial charge on any atom is -0.356 e. The summed E-state index contributed by atoms with van der Waals surface area (Å²) >= 11 is 20.3. The van der Waals surface area contributed by atoms with Crippen molar-refractivity contribution in [3.8, 4) is 0 Å². The van der Waals surface area contributed by atoms with Crippen molar-refractivity contribution in [2.24, 2.45) is 0 Å². The van der Waals surface area contributed by atoms with Gasteiger partial charge in [0.25, 0.3) is 0 Å². The molecule has 0 bridgehead atoms. The van der Waals surface area contributed by atoms with Crippen LogP contribution in [0.2, 0.25) is 0 Å². The van der Waals surface area contributed by atoms with Crippen LogP contribution in [-0.2, 0) is 37.9 Å². The van der Waals surface area contributed by atoms with E-state index >= 15 is 0 Å². The van der Waals surface area contributed by atoms with Crippen molar-refractivity contribution < 1.29 is 37.9 Å². The first-order chi connectivity index (χ1) is 29.4. The molecule has 6 aliphatic rings. The molecule has 0 saturated carbocycles. The molecule has 0 aromatic rings. The number of hydrogen-bond donors (Lipinski definition) is 0. The second-order valence-corrected chi connectivity index (χ2v) is 30.3. The Kier molecular flexibility index (Phi) is 55.1. The third-order valence-corrected chi connectivity index (χ3v) is 22.5. The lowest BCUT2D eigenvalue weighted by Gasteiger charge is -2.18. The number of methoxy groups -OCH3 is 2. The van der Waals surface area contributed by atoms with Crippen LogP contribution >= 0.6 is 118 Å². The second-order valence-electron chi connectivity index (χ2n) is 14.0. The van der Waals surface area contributed by atoms with Gasteiger partial charge >= 0.3 is 0 Å². The van der Waals surface area contributed by atoms with Crippen molar-refractivity contribution in [1.29, 1.82) is 0 Å². The van der Waals surface area contributed by atoms with Gasteiger partial charge in [-0.2, -0.15) is 23.5 Å². The molecule has 8 nitrogen and oxygen atoms in total. The summed E-state index contributed by atoms with van der Waals surface area (Å²) in [5, 5.41) is 1.74. The third kappa shape index (κ3) is 48.2. The second kappa shape index (κ2) is 49.2. The summed E-state index contributed by atoms with van der Waals surface area (Å²) in [7, 11) is 3.21. The van der Waals surface area contributed by atoms with E-state index in [0.29, 0.717) is 0 Å². The summed E-state index contributed by atoms with van der Waals surface area (Å²) < 4.78 is 44.0. The van der Waals surface area contributed by atoms with Crippen molar-refractivity contribution in [3.05, 3.63) is 0 Å². The molecule has 0 N–H and O–H groups in total. The fourth-order valence-corrected chi connectivity index (χ4v) is 15.7. The maximum Gasteiger partial charge on any atom is 0.155 e. The molecule has 0 aromatic heterocycles. The summed E-state index contributed by atoms with van der Waals surface area (Å²) in [6.07, 6.45) is 7.27. The summed E-state index contributed by atoms with van der Waals surface area (Å²) in [5.74, 6) is 7.99. The van der Waals surface area contributed by atoms with E-state index in [1.54, 1.807) is 14.2 Å². The Balaban J connectivity index is -0.000000633. The molecule has 6 saturated heterocycles. The SMILES string of the molecule is CC1OC(C)C(C)O1.CC1OCCCO1.CC1OCCO1.CC1SC(C)C(C)S1.CC1SCCCS1.CC1SCCS1.CCSC(C)SCC.COC(C)OC.CSC(C)SC. The van der Waals surface area contributed by atoms with Crippen LogP contribution in [0.5, 0.6) is 0 Å². The Morgan fingerprint density at radius 1 is 0.500 bits per heavy atom. The van der Waals surface area contributed by atoms with E-state index in [-0.39, 0.29) is 37.4 Å². The van der Waals surface area contributed by atoms with E-state index in [9.17, 15) is 0 Å². The Bertz CT molecular complexity index is 795. The standard InChI is InChI=1S/C6H12O2.C6H12S2.C6H14S2.C5H10O2.C5H10S2.C4H8O2.C4H10O2.C4H8S2.C4H10S2/c2*1-4-5(2)8-6(3)7-4;1-4-7-6(3)8-5-2;2*1-5-6-3-2-4-7-5;1-4-5-2-3-6-4;1-4(5-2)6-3;1-4-5-2-3-6-4;1-4(5-2)6-3/h2*4-6H,1-3H3;6H,4-5H2,1-3H3;2*5H,2-4H2,1H3;4H,2-3H2,1H3;4H,1-3H3;4H,2-3H2,1H3;4H,1-3H3. The molecule has 378 valence electrons. The Hall–Kier alpha value is 3.18. The lowest BCUT2D eigenvalue weighted by Crippen LogP contribution is -2.21. The molecular formula is C44H94O8S10. The molecule has 4 atom stereocenters. The average molecular weight is 1070 g/mol. The van der Waals surface area contributed by atoms with Gasteiger partial charge in [-0.25, -0.2) is 0 Å². The highest BCUT2D eigenvalue weighted by Crippen LogP contribution is 2.42. The van der Waals surface area contributed by atoms with Gasteiger partial charge in [-0.1, -0.05) is 27.7 Å². The van der Waals surface area contributed by atoms with Crippen molar-refractivity contribution in [1.82, 2.24) is 0 Å². The van der Waals surface area contributed by atoms with Crippen molar-refractivity contribution in [2.75, 3.05) is 87.7 Å². The Morgan fingerprint density at radius 2 is 0.871 bits per heavy atom. The quantitative estimate of drug-likeness (QED) is 0.216. The summed E-state index contributed by atoms with van der Waals surface area (Å²) in [4.78, 5) is 0. The normalized spacial score (nSPS) is 26.2. The molecule has 0 aromatic carbocycles. The summed E-state index contributed by atoms with van der Waals surface area (Å²) in [5.41, 5.74) is 0. The van der Waals surface area contributed by atoms with Crippen LogP contribution in [0.25, 0.3) is 0 Å². The van der Waals surface area contributed by atoms with Gasteiger partial charge in [0.1, 0.15) is 0 Å². The highest BCUT2D eigenvalue weighted by atomic mass is 32.2. The van der Waals surface area contributed by atoms with Crippen LogP contribution in [0.15, 0.2) is 0 Å². The molecule has 0 radical (unpaired) electrons. The van der Waals surface area contributed by atoms with E-state index in [4.69, 9.17) is 28.4 Å². The van der Waals surface area contributed by atoms with E-state index in [1.807, 2.05) is 88.6 Å². The van der Waals surface area contributed by atoms with Gasteiger partial charge < -0.3 is 37.9 Å². The Morgan fingerprint density at radius 3 is 1.02 bits per heavy atom. The van der Waals surface area contributed by atoms with Gasteiger partial charge in [0, 0.05) is 59.1 Å². The largest absolute Gasteiger partial charge is 0.356 e. The van der Waals surface area contributed by atoms with Crippen molar-refractivity contribution in [2.45, 2.75) is 187 Å². The minimum absolute atomic E-state index is 0.000000000000000222. The van der Waals surface area contributed by atoms with Gasteiger partial charge in [-0.15, -0.1) is 94.1 Å². The molecule has 18 heteroatoms. The van der Waals surface area contributed by atoms with Crippen LogP contribution in [-0.4, -0.2) is 158 Å². The highest BCUT2D eigenvalue weighted by Gasteiger charge is 2.26. The molecule has 6 heterocycles. The molecule has 4 unspecified atom stereocenters. The summed E-state index contributed by atoms with van der Waals surface area (Å²) in [6.45, 7) is 35.2. The van der Waals surface area contributed by atoms with Crippen LogP contribution in [0.1, 0.15) is 117 Å². The molecular weight excluding hydrogens is 977 g/mol. The number of hydrogen-bond acceptors (Lipinski definition) is 18. The van der Waals surface area contributed by atoms with Crippen LogP contribution in [0.3, 0.4) is 0 Å². The fraction of sp³-hybridized carbons (Fsp3) is 1.00. The van der Waals surface area contributed by atoms with Gasteiger partial charge in [0.2, 0.25) is 0 Å². The van der Waals surface area contributed by atoms with Gasteiger partial charge in [-0.3, -0.25) is 0 Å². The zero-order valence-electron chi connectivity index (χ0n) is 42.3.